The molecule has 1 heterocycles. The fraction of sp³-hybridized carbons (Fsp3) is 0.167. The van der Waals surface area contributed by atoms with Crippen molar-refractivity contribution >= 4 is 17.4 Å². The van der Waals surface area contributed by atoms with Gasteiger partial charge in [0, 0.05) is 23.4 Å². The Balaban J connectivity index is 1.39. The number of aryl methyl sites for hydroxylation is 1. The lowest BCUT2D eigenvalue weighted by atomic mass is 10.0. The molecule has 4 nitrogen and oxygen atoms in total. The molecule has 140 valence electrons. The highest BCUT2D eigenvalue weighted by Crippen LogP contribution is 2.26. The molecule has 0 spiro atoms. The summed E-state index contributed by atoms with van der Waals surface area (Å²) in [6.45, 7) is 0.685. The molecule has 3 aromatic carbocycles. The Bertz CT molecular complexity index is 980. The summed E-state index contributed by atoms with van der Waals surface area (Å²) in [7, 11) is 0. The van der Waals surface area contributed by atoms with E-state index in [0.29, 0.717) is 23.4 Å². The highest BCUT2D eigenvalue weighted by atomic mass is 16.5. The van der Waals surface area contributed by atoms with E-state index >= 15 is 0 Å². The Labute approximate surface area is 164 Å². The topological polar surface area (TPSA) is 46.6 Å². The molecule has 0 N–H and O–H groups in total. The van der Waals surface area contributed by atoms with Crippen molar-refractivity contribution < 1.29 is 14.3 Å². The summed E-state index contributed by atoms with van der Waals surface area (Å²) >= 11 is 0. The predicted octanol–water partition coefficient (Wildman–Crippen LogP) is 4.28. The van der Waals surface area contributed by atoms with Crippen molar-refractivity contribution in [3.8, 4) is 5.75 Å². The largest absolute Gasteiger partial charge is 0.484 e. The first-order valence-electron chi connectivity index (χ1n) is 9.43. The van der Waals surface area contributed by atoms with E-state index in [0.717, 1.165) is 18.5 Å². The Morgan fingerprint density at radius 2 is 1.50 bits per heavy atom. The molecular weight excluding hydrogens is 350 g/mol. The second kappa shape index (κ2) is 8.09. The molecule has 0 radical (unpaired) electrons. The third-order valence-corrected chi connectivity index (χ3v) is 4.93. The molecule has 1 aliphatic rings. The van der Waals surface area contributed by atoms with Gasteiger partial charge >= 0.3 is 0 Å². The minimum atomic E-state index is -0.0587. The van der Waals surface area contributed by atoms with Crippen molar-refractivity contribution in [2.24, 2.45) is 0 Å². The van der Waals surface area contributed by atoms with Gasteiger partial charge in [0.1, 0.15) is 5.75 Å². The quantitative estimate of drug-likeness (QED) is 0.629. The molecule has 0 bridgehead atoms. The number of hydrogen-bond acceptors (Lipinski definition) is 3. The highest BCUT2D eigenvalue weighted by Gasteiger charge is 2.22. The van der Waals surface area contributed by atoms with Crippen molar-refractivity contribution in [2.45, 2.75) is 12.8 Å². The maximum atomic E-state index is 12.6. The van der Waals surface area contributed by atoms with E-state index in [-0.39, 0.29) is 18.3 Å². The number of fused-ring (bicyclic) bond motifs is 1. The van der Waals surface area contributed by atoms with Crippen LogP contribution < -0.4 is 9.64 Å². The smallest absolute Gasteiger partial charge is 0.264 e. The molecule has 0 saturated heterocycles. The average molecular weight is 371 g/mol. The van der Waals surface area contributed by atoms with Gasteiger partial charge in [-0.05, 0) is 48.7 Å². The van der Waals surface area contributed by atoms with Crippen LogP contribution in [0.4, 0.5) is 5.69 Å². The van der Waals surface area contributed by atoms with Crippen molar-refractivity contribution in [3.63, 3.8) is 0 Å². The monoisotopic (exact) mass is 371 g/mol. The molecule has 1 amide bonds. The molecule has 4 heteroatoms. The number of para-hydroxylation sites is 1. The van der Waals surface area contributed by atoms with Crippen LogP contribution in [0.1, 0.15) is 27.9 Å². The number of hydrogen-bond donors (Lipinski definition) is 0. The lowest BCUT2D eigenvalue weighted by molar-refractivity contribution is -0.120. The zero-order valence-electron chi connectivity index (χ0n) is 15.5. The Kier molecular flexibility index (Phi) is 5.20. The minimum absolute atomic E-state index is 0.0275. The van der Waals surface area contributed by atoms with Crippen LogP contribution in [0.2, 0.25) is 0 Å². The van der Waals surface area contributed by atoms with Gasteiger partial charge in [-0.25, -0.2) is 0 Å². The Morgan fingerprint density at radius 1 is 0.821 bits per heavy atom. The van der Waals surface area contributed by atoms with E-state index in [1.54, 1.807) is 41.3 Å². The molecule has 0 saturated carbocycles. The summed E-state index contributed by atoms with van der Waals surface area (Å²) in [6.07, 6.45) is 1.96. The van der Waals surface area contributed by atoms with Crippen LogP contribution in [0, 0.1) is 0 Å². The number of ether oxygens (including phenoxy) is 1. The van der Waals surface area contributed by atoms with Crippen LogP contribution >= 0.6 is 0 Å². The van der Waals surface area contributed by atoms with Crippen molar-refractivity contribution in [1.29, 1.82) is 0 Å². The first-order valence-corrected chi connectivity index (χ1v) is 9.43. The van der Waals surface area contributed by atoms with Crippen molar-refractivity contribution in [2.75, 3.05) is 18.1 Å². The van der Waals surface area contributed by atoms with Gasteiger partial charge in [-0.3, -0.25) is 9.59 Å². The second-order valence-electron chi connectivity index (χ2n) is 6.79. The lowest BCUT2D eigenvalue weighted by Gasteiger charge is -2.29. The summed E-state index contributed by atoms with van der Waals surface area (Å²) in [5, 5.41) is 0. The number of nitrogens with zero attached hydrogens (tertiary/aromatic N) is 1. The Hall–Kier alpha value is -3.40. The molecule has 1 aliphatic heterocycles. The van der Waals surface area contributed by atoms with E-state index in [1.165, 1.54) is 5.56 Å². The minimum Gasteiger partial charge on any atom is -0.484 e. The summed E-state index contributed by atoms with van der Waals surface area (Å²) in [5.74, 6) is 0.480. The fourth-order valence-electron chi connectivity index (χ4n) is 3.47. The van der Waals surface area contributed by atoms with Crippen LogP contribution in [0.3, 0.4) is 0 Å². The Morgan fingerprint density at radius 3 is 2.29 bits per heavy atom. The van der Waals surface area contributed by atoms with E-state index in [9.17, 15) is 9.59 Å². The summed E-state index contributed by atoms with van der Waals surface area (Å²) < 4.78 is 5.67. The van der Waals surface area contributed by atoms with Crippen LogP contribution in [0.15, 0.2) is 78.9 Å². The van der Waals surface area contributed by atoms with Crippen LogP contribution in [-0.4, -0.2) is 24.8 Å². The summed E-state index contributed by atoms with van der Waals surface area (Å²) in [5.41, 5.74) is 3.42. The molecule has 0 unspecified atom stereocenters. The first kappa shape index (κ1) is 18.0. The molecule has 0 aliphatic carbocycles. The third-order valence-electron chi connectivity index (χ3n) is 4.93. The maximum absolute atomic E-state index is 12.6. The molecule has 4 rings (SSSR count). The fourth-order valence-corrected chi connectivity index (χ4v) is 3.47. The van der Waals surface area contributed by atoms with Gasteiger partial charge in [-0.15, -0.1) is 0 Å². The zero-order valence-corrected chi connectivity index (χ0v) is 15.5. The lowest BCUT2D eigenvalue weighted by Crippen LogP contribution is -2.38. The van der Waals surface area contributed by atoms with Gasteiger partial charge in [0.05, 0.1) is 0 Å². The number of carbonyl (C=O) groups is 2. The normalized spacial score (nSPS) is 12.9. The van der Waals surface area contributed by atoms with Crippen LogP contribution in [-0.2, 0) is 11.2 Å². The van der Waals surface area contributed by atoms with Crippen molar-refractivity contribution in [1.82, 2.24) is 0 Å². The number of amides is 1. The summed E-state index contributed by atoms with van der Waals surface area (Å²) in [4.78, 5) is 26.9. The molecule has 0 aromatic heterocycles. The zero-order chi connectivity index (χ0) is 19.3. The average Bonchev–Trinajstić information content (AvgIpc) is 2.77. The number of anilines is 1. The SMILES string of the molecule is O=C(c1ccccc1)c1ccc(OCC(=O)N2CCCc3ccccc32)cc1. The van der Waals surface area contributed by atoms with Gasteiger partial charge in [-0.2, -0.15) is 0 Å². The third kappa shape index (κ3) is 3.81. The van der Waals surface area contributed by atoms with Gasteiger partial charge < -0.3 is 9.64 Å². The molecule has 0 fully saturated rings. The maximum Gasteiger partial charge on any atom is 0.264 e. The first-order chi connectivity index (χ1) is 13.7. The molecule has 0 atom stereocenters. The van der Waals surface area contributed by atoms with E-state index in [2.05, 4.69) is 6.07 Å². The van der Waals surface area contributed by atoms with E-state index in [1.807, 2.05) is 36.4 Å². The van der Waals surface area contributed by atoms with Gasteiger partial charge in [0.25, 0.3) is 5.91 Å². The standard InChI is InChI=1S/C24H21NO3/c26-23(25-16-6-10-18-7-4-5-11-22(18)25)17-28-21-14-12-20(13-15-21)24(27)19-8-2-1-3-9-19/h1-5,7-9,11-15H,6,10,16-17H2. The van der Waals surface area contributed by atoms with E-state index in [4.69, 9.17) is 4.74 Å². The van der Waals surface area contributed by atoms with E-state index < -0.39 is 0 Å². The van der Waals surface area contributed by atoms with Crippen molar-refractivity contribution in [3.05, 3.63) is 95.6 Å². The number of rotatable bonds is 5. The summed E-state index contributed by atoms with van der Waals surface area (Å²) in [6, 6.07) is 24.1. The molecule has 28 heavy (non-hydrogen) atoms. The highest BCUT2D eigenvalue weighted by molar-refractivity contribution is 6.09. The molecule has 3 aromatic rings. The predicted molar refractivity (Wildman–Crippen MR) is 109 cm³/mol. The van der Waals surface area contributed by atoms with Crippen LogP contribution in [0.5, 0.6) is 5.75 Å². The number of ketones is 1. The van der Waals surface area contributed by atoms with Gasteiger partial charge in [0.2, 0.25) is 0 Å². The van der Waals surface area contributed by atoms with Gasteiger partial charge in [0.15, 0.2) is 12.4 Å². The second-order valence-corrected chi connectivity index (χ2v) is 6.79. The van der Waals surface area contributed by atoms with Crippen LogP contribution in [0.25, 0.3) is 0 Å². The molecular formula is C24H21NO3. The number of carbonyl (C=O) groups excluding carboxylic acids is 2. The van der Waals surface area contributed by atoms with Gasteiger partial charge in [-0.1, -0.05) is 48.5 Å². The number of benzene rings is 3.